The lowest BCUT2D eigenvalue weighted by Gasteiger charge is -2.31. The van der Waals surface area contributed by atoms with Crippen LogP contribution in [0.1, 0.15) is 70.3 Å². The quantitative estimate of drug-likeness (QED) is 0.307. The Hall–Kier alpha value is -2.09. The number of aliphatic hydroxyl groups excluding tert-OH is 1. The fourth-order valence-electron chi connectivity index (χ4n) is 5.72. The van der Waals surface area contributed by atoms with E-state index in [9.17, 15) is 5.11 Å². The molecule has 7 nitrogen and oxygen atoms in total. The van der Waals surface area contributed by atoms with Crippen LogP contribution in [-0.2, 0) is 0 Å². The Kier molecular flexibility index (Phi) is 11.3. The highest BCUT2D eigenvalue weighted by Gasteiger charge is 2.31. The summed E-state index contributed by atoms with van der Waals surface area (Å²) in [4.78, 5) is 12.5. The zero-order valence-electron chi connectivity index (χ0n) is 22.9. The zero-order chi connectivity index (χ0) is 26.7. The number of likely N-dealkylation sites (tertiary alicyclic amines) is 1. The molecule has 2 heterocycles. The molecule has 0 amide bonds. The Morgan fingerprint density at radius 3 is 2.84 bits per heavy atom. The Labute approximate surface area is 233 Å². The number of hydrogen-bond donors (Lipinski definition) is 3. The van der Waals surface area contributed by atoms with Crippen LogP contribution in [0.4, 0.5) is 0 Å². The Morgan fingerprint density at radius 2 is 2.08 bits per heavy atom. The molecule has 208 valence electrons. The van der Waals surface area contributed by atoms with E-state index in [0.29, 0.717) is 24.3 Å². The second-order valence-corrected chi connectivity index (χ2v) is 11.7. The first kappa shape index (κ1) is 28.9. The van der Waals surface area contributed by atoms with Crippen LogP contribution in [0, 0.1) is 23.3 Å². The second-order valence-electron chi connectivity index (χ2n) is 11.3. The van der Waals surface area contributed by atoms with E-state index >= 15 is 0 Å². The normalized spacial score (nSPS) is 27.6. The molecule has 8 heteroatoms. The molecule has 3 N–H and O–H groups in total. The number of aliphatic imine (C=N–C) groups is 2. The molecule has 0 spiro atoms. The highest BCUT2D eigenvalue weighted by molar-refractivity contribution is 6.30. The molecule has 4 rings (SSSR count). The van der Waals surface area contributed by atoms with Gasteiger partial charge in [-0.1, -0.05) is 49.2 Å². The van der Waals surface area contributed by atoms with Crippen LogP contribution in [0.25, 0.3) is 6.08 Å². The fourth-order valence-corrected chi connectivity index (χ4v) is 5.92. The van der Waals surface area contributed by atoms with E-state index < -0.39 is 0 Å². The van der Waals surface area contributed by atoms with E-state index in [0.717, 1.165) is 61.9 Å². The van der Waals surface area contributed by atoms with Gasteiger partial charge >= 0.3 is 0 Å². The van der Waals surface area contributed by atoms with Crippen molar-refractivity contribution in [2.24, 2.45) is 32.9 Å². The van der Waals surface area contributed by atoms with Crippen molar-refractivity contribution in [3.05, 3.63) is 40.9 Å². The molecule has 1 saturated carbocycles. The number of rotatable bonds is 10. The summed E-state index contributed by atoms with van der Waals surface area (Å²) in [6.07, 6.45) is 14.2. The van der Waals surface area contributed by atoms with E-state index in [1.807, 2.05) is 18.2 Å². The highest BCUT2D eigenvalue weighted by Crippen LogP contribution is 2.35. The molecule has 1 aliphatic carbocycles. The van der Waals surface area contributed by atoms with Crippen LogP contribution >= 0.6 is 11.6 Å². The van der Waals surface area contributed by atoms with Crippen molar-refractivity contribution in [3.63, 3.8) is 0 Å². The van der Waals surface area contributed by atoms with E-state index in [4.69, 9.17) is 27.1 Å². The Bertz CT molecular complexity index is 991. The molecule has 38 heavy (non-hydrogen) atoms. The summed E-state index contributed by atoms with van der Waals surface area (Å²) in [7, 11) is 0. The van der Waals surface area contributed by atoms with Gasteiger partial charge in [-0.2, -0.15) is 5.11 Å². The van der Waals surface area contributed by atoms with Crippen LogP contribution in [0.2, 0.25) is 5.02 Å². The first-order valence-electron chi connectivity index (χ1n) is 14.6. The van der Waals surface area contributed by atoms with Crippen molar-refractivity contribution >= 4 is 29.3 Å². The lowest BCUT2D eigenvalue weighted by Crippen LogP contribution is -2.41. The van der Waals surface area contributed by atoms with E-state index in [-0.39, 0.29) is 18.7 Å². The second kappa shape index (κ2) is 14.9. The number of β-amino-alcohol motifs (C(OH)–C–C–N with tert-alkyl or cyclic N) is 1. The van der Waals surface area contributed by atoms with Crippen molar-refractivity contribution < 1.29 is 5.11 Å². The van der Waals surface area contributed by atoms with Gasteiger partial charge in [-0.15, -0.1) is 0 Å². The number of nitrogens with zero attached hydrogens (tertiary/aromatic N) is 4. The van der Waals surface area contributed by atoms with Gasteiger partial charge in [0.2, 0.25) is 5.96 Å². The maximum atomic E-state index is 9.44. The monoisotopic (exact) mass is 540 g/mol. The third kappa shape index (κ3) is 8.99. The van der Waals surface area contributed by atoms with Gasteiger partial charge in [0.25, 0.3) is 0 Å². The van der Waals surface area contributed by atoms with Gasteiger partial charge in [0.1, 0.15) is 0 Å². The molecule has 1 saturated heterocycles. The molecule has 0 bridgehead atoms. The topological polar surface area (TPSA) is 96.4 Å². The van der Waals surface area contributed by atoms with E-state index in [2.05, 4.69) is 40.5 Å². The molecule has 4 atom stereocenters. The largest absolute Gasteiger partial charge is 0.395 e. The summed E-state index contributed by atoms with van der Waals surface area (Å²) in [5.41, 5.74) is 9.93. The number of nitrogens with one attached hydrogen (secondary N) is 2. The summed E-state index contributed by atoms with van der Waals surface area (Å²) in [5.74, 6) is 2.17. The van der Waals surface area contributed by atoms with Crippen molar-refractivity contribution in [3.8, 4) is 0 Å². The standard InChI is InChI=1S/C30H45ClN6O/c1-22-8-12-28(24-6-2-3-17-37(18-15-24)19-20-38)35-30(33-16-14-29(36-32)25-10-11-25)34-27(22)13-9-23-5-4-7-26(31)21-23/h4-5,7,9,13,21-22,24-25,27,29,32,38H,2-3,6,8,10-12,14-20H2,1H3,(H,33,34). The molecule has 3 aliphatic rings. The molecule has 1 aromatic carbocycles. The zero-order valence-corrected chi connectivity index (χ0v) is 23.6. The van der Waals surface area contributed by atoms with Crippen LogP contribution in [0.5, 0.6) is 0 Å². The molecule has 1 aromatic rings. The summed E-state index contributed by atoms with van der Waals surface area (Å²) >= 11 is 6.20. The number of aliphatic hydroxyl groups is 1. The number of halogens is 1. The summed E-state index contributed by atoms with van der Waals surface area (Å²) in [6.45, 7) is 6.02. The number of hydrogen-bond acceptors (Lipinski definition) is 5. The summed E-state index contributed by atoms with van der Waals surface area (Å²) in [5, 5.41) is 17.7. The minimum absolute atomic E-state index is 0.0944. The molecule has 0 radical (unpaired) electrons. The lowest BCUT2D eigenvalue weighted by atomic mass is 9.85. The van der Waals surface area contributed by atoms with Gasteiger partial charge in [0, 0.05) is 23.8 Å². The predicted octanol–water partition coefficient (Wildman–Crippen LogP) is 6.22. The molecule has 0 aromatic heterocycles. The van der Waals surface area contributed by atoms with Gasteiger partial charge in [0.15, 0.2) is 0 Å². The first-order valence-corrected chi connectivity index (χ1v) is 15.0. The smallest absolute Gasteiger partial charge is 0.218 e. The van der Waals surface area contributed by atoms with Crippen LogP contribution in [0.15, 0.2) is 45.4 Å². The minimum Gasteiger partial charge on any atom is -0.395 e. The van der Waals surface area contributed by atoms with Crippen molar-refractivity contribution in [2.75, 3.05) is 32.8 Å². The number of benzene rings is 1. The molecular weight excluding hydrogens is 496 g/mol. The Balaban J connectivity index is 1.52. The highest BCUT2D eigenvalue weighted by atomic mass is 35.5. The third-order valence-electron chi connectivity index (χ3n) is 8.34. The maximum absolute atomic E-state index is 9.44. The van der Waals surface area contributed by atoms with Crippen LogP contribution < -0.4 is 5.32 Å². The van der Waals surface area contributed by atoms with Gasteiger partial charge < -0.3 is 15.3 Å². The predicted molar refractivity (Wildman–Crippen MR) is 157 cm³/mol. The number of guanidine groups is 1. The van der Waals surface area contributed by atoms with E-state index in [1.54, 1.807) is 0 Å². The van der Waals surface area contributed by atoms with Crippen molar-refractivity contribution in [1.82, 2.24) is 10.2 Å². The van der Waals surface area contributed by atoms with Crippen molar-refractivity contribution in [2.45, 2.75) is 76.8 Å². The average molecular weight is 541 g/mol. The molecule has 2 aliphatic heterocycles. The molecule has 4 unspecified atom stereocenters. The third-order valence-corrected chi connectivity index (χ3v) is 8.57. The fraction of sp³-hybridized carbons (Fsp3) is 0.667. The van der Waals surface area contributed by atoms with Gasteiger partial charge in [-0.25, -0.2) is 10.5 Å². The van der Waals surface area contributed by atoms with Gasteiger partial charge in [-0.3, -0.25) is 4.99 Å². The van der Waals surface area contributed by atoms with Gasteiger partial charge in [0.05, 0.1) is 18.7 Å². The van der Waals surface area contributed by atoms with Crippen LogP contribution in [-0.4, -0.2) is 66.5 Å². The van der Waals surface area contributed by atoms with Crippen molar-refractivity contribution in [1.29, 1.82) is 5.53 Å². The minimum atomic E-state index is 0.0944. The maximum Gasteiger partial charge on any atom is 0.218 e. The molecular formula is C30H45ClN6O. The SMILES string of the molecule is CC1CCC(C2CCCCN(CCO)CC2)=NC(=NCCC(N=N)C2CC2)NC1C=Cc1cccc(Cl)c1. The Morgan fingerprint density at radius 1 is 1.21 bits per heavy atom. The van der Waals surface area contributed by atoms with Gasteiger partial charge in [-0.05, 0) is 99.9 Å². The van der Waals surface area contributed by atoms with E-state index in [1.165, 1.54) is 37.8 Å². The molecule has 2 fully saturated rings. The summed E-state index contributed by atoms with van der Waals surface area (Å²) < 4.78 is 0. The first-order chi connectivity index (χ1) is 18.6. The van der Waals surface area contributed by atoms with Crippen LogP contribution in [0.3, 0.4) is 0 Å². The summed E-state index contributed by atoms with van der Waals surface area (Å²) in [6, 6.07) is 8.14. The average Bonchev–Trinajstić information content (AvgIpc) is 3.73. The lowest BCUT2D eigenvalue weighted by molar-refractivity contribution is 0.179.